The quantitative estimate of drug-likeness (QED) is 0.838. The molecule has 1 N–H and O–H groups in total. The fraction of sp³-hybridized carbons (Fsp3) is 0.538. The first-order chi connectivity index (χ1) is 9.68. The lowest BCUT2D eigenvalue weighted by molar-refractivity contribution is -0.0494. The molecule has 0 aliphatic carbocycles. The number of hydrogen-bond donors (Lipinski definition) is 1. The molecule has 1 aromatic rings. The van der Waals surface area contributed by atoms with Crippen LogP contribution in [0.3, 0.4) is 0 Å². The summed E-state index contributed by atoms with van der Waals surface area (Å²) in [6, 6.07) is 8.03. The van der Waals surface area contributed by atoms with Crippen LogP contribution in [0.5, 0.6) is 0 Å². The van der Waals surface area contributed by atoms with Crippen LogP contribution < -0.4 is 0 Å². The van der Waals surface area contributed by atoms with Crippen LogP contribution in [0.25, 0.3) is 0 Å². The summed E-state index contributed by atoms with van der Waals surface area (Å²) >= 11 is 0. The maximum absolute atomic E-state index is 12.7. The van der Waals surface area contributed by atoms with E-state index < -0.39 is 21.6 Å². The molecular weight excluding hydrogens is 307 g/mol. The van der Waals surface area contributed by atoms with E-state index in [4.69, 9.17) is 0 Å². The Hall–Kier alpha value is -1.12. The van der Waals surface area contributed by atoms with Gasteiger partial charge in [-0.1, -0.05) is 37.3 Å². The molecule has 0 aliphatic rings. The zero-order chi connectivity index (χ0) is 16.1. The van der Waals surface area contributed by atoms with Crippen molar-refractivity contribution >= 4 is 10.0 Å². The van der Waals surface area contributed by atoms with Crippen LogP contribution in [-0.4, -0.2) is 36.0 Å². The first-order valence-corrected chi connectivity index (χ1v) is 7.91. The van der Waals surface area contributed by atoms with Crippen LogP contribution in [0, 0.1) is 0 Å². The molecule has 0 unspecified atom stereocenters. The maximum atomic E-state index is 12.7. The van der Waals surface area contributed by atoms with Gasteiger partial charge in [0.2, 0.25) is 0 Å². The first-order valence-electron chi connectivity index (χ1n) is 6.47. The van der Waals surface area contributed by atoms with Crippen molar-refractivity contribution in [3.8, 4) is 0 Å². The van der Waals surface area contributed by atoms with Gasteiger partial charge in [0.15, 0.2) is 0 Å². The topological polar surface area (TPSA) is 57.6 Å². The molecule has 1 atom stereocenters. The van der Waals surface area contributed by atoms with Crippen molar-refractivity contribution in [3.05, 3.63) is 35.9 Å². The molecule has 0 radical (unpaired) electrons. The molecule has 1 aromatic carbocycles. The van der Waals surface area contributed by atoms with Crippen LogP contribution in [0.4, 0.5) is 13.2 Å². The third-order valence-electron chi connectivity index (χ3n) is 3.02. The number of sulfonamides is 1. The van der Waals surface area contributed by atoms with Crippen molar-refractivity contribution in [2.75, 3.05) is 6.54 Å². The number of aliphatic hydroxyl groups is 1. The average molecular weight is 325 g/mol. The van der Waals surface area contributed by atoms with Crippen LogP contribution in [-0.2, 0) is 16.6 Å². The third-order valence-corrected chi connectivity index (χ3v) is 4.59. The van der Waals surface area contributed by atoms with Crippen LogP contribution in [0.1, 0.15) is 25.3 Å². The molecule has 21 heavy (non-hydrogen) atoms. The highest BCUT2D eigenvalue weighted by atomic mass is 32.2. The van der Waals surface area contributed by atoms with E-state index in [9.17, 15) is 26.7 Å². The van der Waals surface area contributed by atoms with Gasteiger partial charge in [0.1, 0.15) is 0 Å². The molecule has 0 heterocycles. The number of aliphatic hydroxyl groups excluding tert-OH is 1. The average Bonchev–Trinajstić information content (AvgIpc) is 2.42. The Morgan fingerprint density at radius 2 is 1.81 bits per heavy atom. The van der Waals surface area contributed by atoms with E-state index in [-0.39, 0.29) is 19.5 Å². The molecule has 0 aromatic heterocycles. The van der Waals surface area contributed by atoms with Gasteiger partial charge in [-0.3, -0.25) is 0 Å². The summed E-state index contributed by atoms with van der Waals surface area (Å²) in [5.41, 5.74) is -4.89. The van der Waals surface area contributed by atoms with Crippen LogP contribution in [0.2, 0.25) is 0 Å². The Morgan fingerprint density at radius 1 is 1.24 bits per heavy atom. The largest absolute Gasteiger partial charge is 0.511 e. The van der Waals surface area contributed by atoms with Gasteiger partial charge in [-0.15, -0.1) is 0 Å². The van der Waals surface area contributed by atoms with E-state index in [1.165, 1.54) is 0 Å². The number of benzene rings is 1. The Balaban J connectivity index is 2.95. The highest BCUT2D eigenvalue weighted by Crippen LogP contribution is 2.28. The minimum Gasteiger partial charge on any atom is -0.393 e. The predicted molar refractivity (Wildman–Crippen MR) is 72.7 cm³/mol. The Bertz CT molecular complexity index is 531. The van der Waals surface area contributed by atoms with E-state index >= 15 is 0 Å². The van der Waals surface area contributed by atoms with Gasteiger partial charge in [-0.05, 0) is 18.4 Å². The molecule has 4 nitrogen and oxygen atoms in total. The standard InChI is InChI=1S/C13H18F3NO3S/c1-2-12(18)8-9-17(21(19,20)13(14,15)16)10-11-6-4-3-5-7-11/h3-7,12,18H,2,8-10H2,1H3/t12-/m0/s1. The minimum atomic E-state index is -5.42. The van der Waals surface area contributed by atoms with Gasteiger partial charge in [0, 0.05) is 13.1 Å². The molecule has 1 rings (SSSR count). The Kier molecular flexibility index (Phi) is 6.18. The second kappa shape index (κ2) is 7.24. The van der Waals surface area contributed by atoms with Crippen molar-refractivity contribution in [2.24, 2.45) is 0 Å². The summed E-state index contributed by atoms with van der Waals surface area (Å²) < 4.78 is 61.6. The van der Waals surface area contributed by atoms with Gasteiger partial charge >= 0.3 is 15.5 Å². The van der Waals surface area contributed by atoms with Crippen LogP contribution in [0.15, 0.2) is 30.3 Å². The predicted octanol–water partition coefficient (Wildman–Crippen LogP) is 2.50. The van der Waals surface area contributed by atoms with Crippen molar-refractivity contribution in [1.29, 1.82) is 0 Å². The lowest BCUT2D eigenvalue weighted by atomic mass is 10.2. The molecule has 0 saturated heterocycles. The fourth-order valence-corrected chi connectivity index (χ4v) is 2.67. The highest BCUT2D eigenvalue weighted by molar-refractivity contribution is 7.89. The van der Waals surface area contributed by atoms with Crippen molar-refractivity contribution < 1.29 is 26.7 Å². The lowest BCUT2D eigenvalue weighted by Crippen LogP contribution is -2.41. The summed E-state index contributed by atoms with van der Waals surface area (Å²) in [7, 11) is -5.42. The zero-order valence-electron chi connectivity index (χ0n) is 11.5. The molecule has 0 bridgehead atoms. The molecule has 8 heteroatoms. The number of hydrogen-bond acceptors (Lipinski definition) is 3. The maximum Gasteiger partial charge on any atom is 0.511 e. The summed E-state index contributed by atoms with van der Waals surface area (Å²) in [4.78, 5) is 0. The zero-order valence-corrected chi connectivity index (χ0v) is 12.4. The van der Waals surface area contributed by atoms with Gasteiger partial charge in [0.05, 0.1) is 6.10 Å². The SMILES string of the molecule is CC[C@H](O)CCN(Cc1ccccc1)S(=O)(=O)C(F)(F)F. The van der Waals surface area contributed by atoms with Crippen molar-refractivity contribution in [3.63, 3.8) is 0 Å². The van der Waals surface area contributed by atoms with Gasteiger partial charge in [0.25, 0.3) is 0 Å². The number of nitrogens with zero attached hydrogens (tertiary/aromatic N) is 1. The summed E-state index contributed by atoms with van der Waals surface area (Å²) in [6.45, 7) is 0.912. The Morgan fingerprint density at radius 3 is 2.29 bits per heavy atom. The molecule has 120 valence electrons. The van der Waals surface area contributed by atoms with E-state index in [1.807, 2.05) is 0 Å². The normalized spacial score (nSPS) is 14.4. The number of alkyl halides is 3. The van der Waals surface area contributed by atoms with Crippen molar-refractivity contribution in [2.45, 2.75) is 37.9 Å². The molecular formula is C13H18F3NO3S. The number of halogens is 3. The van der Waals surface area contributed by atoms with E-state index in [1.54, 1.807) is 37.3 Å². The van der Waals surface area contributed by atoms with E-state index in [0.29, 0.717) is 16.3 Å². The third kappa shape index (κ3) is 4.98. The van der Waals surface area contributed by atoms with Gasteiger partial charge < -0.3 is 5.11 Å². The summed E-state index contributed by atoms with van der Waals surface area (Å²) in [5.74, 6) is 0. The van der Waals surface area contributed by atoms with Crippen molar-refractivity contribution in [1.82, 2.24) is 4.31 Å². The second-order valence-electron chi connectivity index (χ2n) is 4.62. The molecule has 0 aliphatic heterocycles. The second-order valence-corrected chi connectivity index (χ2v) is 6.55. The minimum absolute atomic E-state index is 0.0430. The smallest absolute Gasteiger partial charge is 0.393 e. The molecule has 0 fully saturated rings. The fourth-order valence-electron chi connectivity index (χ4n) is 1.71. The van der Waals surface area contributed by atoms with E-state index in [2.05, 4.69) is 0 Å². The lowest BCUT2D eigenvalue weighted by Gasteiger charge is -2.24. The summed E-state index contributed by atoms with van der Waals surface area (Å²) in [6.07, 6.45) is -0.518. The van der Waals surface area contributed by atoms with Crippen LogP contribution >= 0.6 is 0 Å². The van der Waals surface area contributed by atoms with E-state index in [0.717, 1.165) is 0 Å². The number of rotatable bonds is 7. The Labute approximate surface area is 122 Å². The molecule has 0 amide bonds. The van der Waals surface area contributed by atoms with Gasteiger partial charge in [-0.25, -0.2) is 8.42 Å². The highest BCUT2D eigenvalue weighted by Gasteiger charge is 2.49. The van der Waals surface area contributed by atoms with Gasteiger partial charge in [-0.2, -0.15) is 17.5 Å². The molecule has 0 spiro atoms. The molecule has 0 saturated carbocycles. The monoisotopic (exact) mass is 325 g/mol. The summed E-state index contributed by atoms with van der Waals surface area (Å²) in [5, 5.41) is 9.44. The first kappa shape index (κ1) is 17.9.